The molecule has 0 unspecified atom stereocenters. The average Bonchev–Trinajstić information content (AvgIpc) is 1.76. The molecule has 0 spiro atoms. The van der Waals surface area contributed by atoms with E-state index in [9.17, 15) is 43.5 Å². The van der Waals surface area contributed by atoms with Crippen LogP contribution in [0, 0.1) is 47.5 Å². The Labute approximate surface area is 854 Å². The van der Waals surface area contributed by atoms with Gasteiger partial charge in [-0.05, 0) is 158 Å². The largest absolute Gasteiger partial charge is 0.417 e. The van der Waals surface area contributed by atoms with Crippen LogP contribution in [0.5, 0.6) is 0 Å². The van der Waals surface area contributed by atoms with Gasteiger partial charge in [-0.2, -0.15) is 20.4 Å². The molecule has 37 heteroatoms. The zero-order valence-corrected chi connectivity index (χ0v) is 88.2. The number of piperazine rings is 4. The zero-order valence-electron chi connectivity index (χ0n) is 88.2. The molecule has 15 heterocycles. The summed E-state index contributed by atoms with van der Waals surface area (Å²) in [5, 5.41) is 43.5. The van der Waals surface area contributed by atoms with Crippen molar-refractivity contribution in [2.75, 3.05) is 85.1 Å². The van der Waals surface area contributed by atoms with Crippen LogP contribution in [0.2, 0.25) is 0 Å². The highest BCUT2D eigenvalue weighted by Gasteiger charge is 2.49. The van der Waals surface area contributed by atoms with Crippen LogP contribution >= 0.6 is 0 Å². The van der Waals surface area contributed by atoms with Crippen molar-refractivity contribution in [1.82, 2.24) is 123 Å². The van der Waals surface area contributed by atoms with Gasteiger partial charge in [-0.1, -0.05) is 175 Å². The van der Waals surface area contributed by atoms with Gasteiger partial charge in [-0.15, -0.1) is 15.3 Å². The molecule has 0 atom stereocenters. The number of aliphatic hydroxyl groups is 1. The van der Waals surface area contributed by atoms with Crippen LogP contribution < -0.4 is 0 Å². The van der Waals surface area contributed by atoms with Crippen LogP contribution in [0.25, 0.3) is 67.6 Å². The van der Waals surface area contributed by atoms with Crippen LogP contribution in [-0.2, 0) is 9.59 Å². The molecular formula is C110H131N27O10. The Hall–Kier alpha value is -15.3. The lowest BCUT2D eigenvalue weighted by atomic mass is 9.71. The maximum atomic E-state index is 13.7. The van der Waals surface area contributed by atoms with E-state index in [-0.39, 0.29) is 94.4 Å². The maximum Gasteiger partial charge on any atom is 0.311 e. The number of H-pyrrole nitrogens is 1. The van der Waals surface area contributed by atoms with Crippen LogP contribution in [0.3, 0.4) is 0 Å². The Morgan fingerprint density at radius 1 is 0.374 bits per heavy atom. The number of rotatable bonds is 16. The molecule has 0 bridgehead atoms. The molecule has 5 fully saturated rings. The zero-order chi connectivity index (χ0) is 105. The second-order valence-corrected chi connectivity index (χ2v) is 43.6. The summed E-state index contributed by atoms with van der Waals surface area (Å²) in [5.41, 5.74) is 17.3. The van der Waals surface area contributed by atoms with E-state index in [1.807, 2.05) is 65.2 Å². The molecule has 4 saturated heterocycles. The minimum Gasteiger partial charge on any atom is -0.417 e. The molecule has 1 saturated carbocycles. The summed E-state index contributed by atoms with van der Waals surface area (Å²) < 4.78 is 12.2. The summed E-state index contributed by atoms with van der Waals surface area (Å²) in [6.45, 7) is 51.2. The molecule has 0 radical (unpaired) electrons. The number of aromatic amines is 1. The van der Waals surface area contributed by atoms with Crippen LogP contribution in [0.1, 0.15) is 274 Å². The maximum absolute atomic E-state index is 13.7. The van der Waals surface area contributed by atoms with Gasteiger partial charge in [0, 0.05) is 142 Å². The van der Waals surface area contributed by atoms with Crippen molar-refractivity contribution in [1.29, 1.82) is 0 Å². The number of carbonyl (C=O) groups excluding carboxylic acids is 8. The highest BCUT2D eigenvalue weighted by atomic mass is 16.4. The predicted molar refractivity (Wildman–Crippen MR) is 559 cm³/mol. The van der Waals surface area contributed by atoms with Crippen molar-refractivity contribution in [3.05, 3.63) is 237 Å². The molecule has 37 nitrogen and oxygen atoms in total. The normalized spacial score (nSPS) is 17.9. The average molecular weight is 1990 g/mol. The monoisotopic (exact) mass is 1990 g/mol. The van der Waals surface area contributed by atoms with E-state index in [0.29, 0.717) is 155 Å². The topological polar surface area (TPSA) is 409 Å². The Kier molecular flexibility index (Phi) is 28.5. The number of aromatic nitrogens is 17. The fourth-order valence-electron chi connectivity index (χ4n) is 20.1. The summed E-state index contributed by atoms with van der Waals surface area (Å²) in [6.07, 6.45) is 9.50. The first-order chi connectivity index (χ1) is 69.5. The van der Waals surface area contributed by atoms with Gasteiger partial charge in [-0.3, -0.25) is 48.4 Å². The van der Waals surface area contributed by atoms with Crippen molar-refractivity contribution in [3.8, 4) is 45.0 Å². The highest BCUT2D eigenvalue weighted by Crippen LogP contribution is 2.41. The Balaban J connectivity index is 0.000000134. The minimum atomic E-state index is -0.737. The minimum absolute atomic E-state index is 0.0369. The molecule has 4 aromatic carbocycles. The number of aliphatic imine (C=N–C) groups is 2. The Bertz CT molecular complexity index is 7240. The van der Waals surface area contributed by atoms with Gasteiger partial charge < -0.3 is 48.7 Å². The Morgan fingerprint density at radius 3 is 0.939 bits per heavy atom. The third-order valence-electron chi connectivity index (χ3n) is 28.3. The van der Waals surface area contributed by atoms with Crippen molar-refractivity contribution < 1.29 is 47.9 Å². The number of nitrogens with zero attached hydrogens (tertiary/aromatic N) is 26. The molecule has 1 aliphatic carbocycles. The van der Waals surface area contributed by atoms with Crippen LogP contribution in [-0.4, -0.2) is 300 Å². The molecule has 766 valence electrons. The van der Waals surface area contributed by atoms with Gasteiger partial charge in [0.25, 0.3) is 35.4 Å². The van der Waals surface area contributed by atoms with Crippen molar-refractivity contribution in [2.24, 2.45) is 15.9 Å². The molecule has 20 rings (SSSR count). The second-order valence-electron chi connectivity index (χ2n) is 43.6. The first-order valence-corrected chi connectivity index (χ1v) is 50.4. The van der Waals surface area contributed by atoms with E-state index < -0.39 is 27.8 Å². The number of benzene rings is 4. The van der Waals surface area contributed by atoms with E-state index in [1.54, 1.807) is 99.2 Å². The number of hydrogen-bond acceptors (Lipinski definition) is 24. The molecule has 6 aliphatic rings. The molecule has 2 N–H and O–H groups in total. The van der Waals surface area contributed by atoms with Gasteiger partial charge in [-0.25, -0.2) is 48.0 Å². The number of aryl methyl sites for hydroxylation is 6. The van der Waals surface area contributed by atoms with E-state index >= 15 is 0 Å². The van der Waals surface area contributed by atoms with E-state index in [1.165, 1.54) is 22.3 Å². The van der Waals surface area contributed by atoms with Gasteiger partial charge >= 0.3 is 11.8 Å². The molecule has 10 aromatic heterocycles. The van der Waals surface area contributed by atoms with E-state index in [4.69, 9.17) is 44.7 Å². The van der Waals surface area contributed by atoms with Crippen molar-refractivity contribution in [3.63, 3.8) is 0 Å². The quantitative estimate of drug-likeness (QED) is 0.0907. The molecule has 14 aromatic rings. The van der Waals surface area contributed by atoms with Gasteiger partial charge in [0.2, 0.25) is 23.5 Å². The molecule has 5 aliphatic heterocycles. The molecule has 8 amide bonds. The number of amidine groups is 1. The fraction of sp³-hybridized carbons (Fsp3) is 0.436. The summed E-state index contributed by atoms with van der Waals surface area (Å²) in [7, 11) is 0. The molecule has 147 heavy (non-hydrogen) atoms. The standard InChI is InChI=1S/C29H37N5O3.C27H32N8O2.C27H31N7O3.C27H31N7O2/c1-18(2)22-13-23(20-9-7-19(3)8-10-20)31-34-16-24(30-25(22)34)27(36)33-12-11-32(17-28(33,4)5)26(35)21-14-29(6,37)15-21;1-16(2)20-13-21(19-9-7-17(3)8-10-19)32-35-14-22(29-24(20)35)25(36)34-12-11-33(15-27(34,5)6)26(37)23-28-18(4)30-31-23;1-16(2)20-13-21(19-9-7-17(3)8-10-19)31-34-14-22(28-23(20)34)25(35)33-12-11-32(15-27(33,5)6)26(36)24-30-29-18(4)37-24;1-17(2)20-14-21(19-8-6-18(3)7-9-19)31-34-15-22(30-24(20)34)25(35)33-13-12-32(16-27(33,4)5)26(36)23-28-10-11-29-23/h7-10,13,16,18,21,37H,11-12,14-15,17H2,1-6H3;7-10,13-14,16H,11-12,15H2,1-6H3,(H,28,30,31);7-10,13-14,16H,11-12,15H2,1-6H3;6-10,14-15,17H,11-13,16H2,1-5H3. The summed E-state index contributed by atoms with van der Waals surface area (Å²) in [6, 6.07) is 41.2. The highest BCUT2D eigenvalue weighted by molar-refractivity contribution is 6.40. The third kappa shape index (κ3) is 21.7. The summed E-state index contributed by atoms with van der Waals surface area (Å²) in [4.78, 5) is 152. The number of carbonyl (C=O) groups is 8. The number of hydrogen-bond donors (Lipinski definition) is 2. The van der Waals surface area contributed by atoms with Crippen molar-refractivity contribution in [2.45, 2.75) is 224 Å². The Morgan fingerprint density at radius 2 is 0.673 bits per heavy atom. The first kappa shape index (κ1) is 103. The fourth-order valence-corrected chi connectivity index (χ4v) is 20.1. The van der Waals surface area contributed by atoms with Crippen LogP contribution in [0.15, 0.2) is 161 Å². The second kappa shape index (κ2) is 40.6. The lowest BCUT2D eigenvalue weighted by Crippen LogP contribution is -2.63. The van der Waals surface area contributed by atoms with Gasteiger partial charge in [0.15, 0.2) is 22.6 Å². The summed E-state index contributed by atoms with van der Waals surface area (Å²) in [5.74, 6) is 0.570. The number of nitrogens with one attached hydrogen (secondary N) is 1. The lowest BCUT2D eigenvalue weighted by Gasteiger charge is -2.49. The SMILES string of the molecule is Cc1ccc(-c2cc(C(C)C)c3nc(C(=O)N4CCN(C(=O)C5=NCC=N5)CC4(C)C)cn3n2)cc1.Cc1ccc(-c2cc(C(C)C)c3nc(C(=O)N4CCN(C(=O)C5CC(C)(O)C5)CC4(C)C)cn3n2)cc1.Cc1ccc(-c2cc(C(C)C)c3nc(C(=O)N4CCN(C(=O)c5n[nH]c(C)n5)CC4(C)C)cn3n2)cc1.Cc1ccc(-c2cc(C(C)C)c3nc(C(=O)N4CCN(C(=O)c5nnc(C)o5)CC4(C)C)cn3n2)cc1. The number of fused-ring (bicyclic) bond motifs is 4. The molecular weight excluding hydrogens is 1860 g/mol. The smallest absolute Gasteiger partial charge is 0.311 e. The van der Waals surface area contributed by atoms with E-state index in [0.717, 1.165) is 67.3 Å². The van der Waals surface area contributed by atoms with Crippen LogP contribution in [0.4, 0.5) is 0 Å². The van der Waals surface area contributed by atoms with Gasteiger partial charge in [0.05, 0.1) is 81.9 Å². The van der Waals surface area contributed by atoms with E-state index in [2.05, 4.69) is 240 Å². The number of imidazole rings is 4. The predicted octanol–water partition coefficient (Wildman–Crippen LogP) is 15.0. The van der Waals surface area contributed by atoms with Crippen molar-refractivity contribution >= 4 is 81.9 Å². The number of amides is 8. The summed E-state index contributed by atoms with van der Waals surface area (Å²) >= 11 is 0. The van der Waals surface area contributed by atoms with Gasteiger partial charge in [0.1, 0.15) is 28.6 Å². The lowest BCUT2D eigenvalue weighted by molar-refractivity contribution is -0.153. The third-order valence-corrected chi connectivity index (χ3v) is 28.3. The first-order valence-electron chi connectivity index (χ1n) is 50.4.